The molecule has 0 aliphatic heterocycles. The number of carbonyl (C=O) groups is 2. The second-order valence-corrected chi connectivity index (χ2v) is 6.78. The molecule has 1 N–H and O–H groups in total. The van der Waals surface area contributed by atoms with E-state index in [-0.39, 0.29) is 17.7 Å². The van der Waals surface area contributed by atoms with E-state index in [1.165, 1.54) is 5.56 Å². The summed E-state index contributed by atoms with van der Waals surface area (Å²) >= 11 is 0. The maximum atomic E-state index is 12.3. The van der Waals surface area contributed by atoms with E-state index >= 15 is 0 Å². The summed E-state index contributed by atoms with van der Waals surface area (Å²) in [5.74, 6) is 0.411. The first-order valence-corrected chi connectivity index (χ1v) is 9.00. The van der Waals surface area contributed by atoms with Crippen molar-refractivity contribution < 1.29 is 9.59 Å². The van der Waals surface area contributed by atoms with Crippen molar-refractivity contribution in [2.45, 2.75) is 45.1 Å². The molecule has 2 atom stereocenters. The van der Waals surface area contributed by atoms with Crippen LogP contribution in [0.2, 0.25) is 0 Å². The molecular formula is C20H25N3O2. The molecule has 0 spiro atoms. The molecule has 1 amide bonds. The third kappa shape index (κ3) is 4.56. The summed E-state index contributed by atoms with van der Waals surface area (Å²) < 4.78 is 1.80. The van der Waals surface area contributed by atoms with Gasteiger partial charge in [0.05, 0.1) is 12.5 Å². The van der Waals surface area contributed by atoms with E-state index in [9.17, 15) is 9.59 Å². The van der Waals surface area contributed by atoms with Crippen molar-refractivity contribution in [1.82, 2.24) is 15.1 Å². The molecule has 2 aromatic rings. The average Bonchev–Trinajstić information content (AvgIpc) is 3.27. The van der Waals surface area contributed by atoms with Crippen LogP contribution in [0, 0.1) is 5.92 Å². The first-order chi connectivity index (χ1) is 12.1. The number of benzene rings is 1. The number of hydrogen-bond donors (Lipinski definition) is 1. The van der Waals surface area contributed by atoms with Gasteiger partial charge >= 0.3 is 0 Å². The number of amides is 1. The van der Waals surface area contributed by atoms with Gasteiger partial charge in [-0.15, -0.1) is 0 Å². The van der Waals surface area contributed by atoms with Crippen molar-refractivity contribution in [2.24, 2.45) is 5.92 Å². The van der Waals surface area contributed by atoms with Gasteiger partial charge in [-0.25, -0.2) is 0 Å². The second-order valence-electron chi connectivity index (χ2n) is 6.78. The molecule has 132 valence electrons. The molecule has 0 radical (unpaired) electrons. The first kappa shape index (κ1) is 17.4. The van der Waals surface area contributed by atoms with Crippen molar-refractivity contribution in [3.05, 3.63) is 53.9 Å². The molecule has 0 bridgehead atoms. The Morgan fingerprint density at radius 2 is 2.16 bits per heavy atom. The number of rotatable bonds is 7. The summed E-state index contributed by atoms with van der Waals surface area (Å²) in [5.41, 5.74) is 2.17. The van der Waals surface area contributed by atoms with Crippen LogP contribution in [0.15, 0.2) is 42.7 Å². The predicted molar refractivity (Wildman–Crippen MR) is 96.1 cm³/mol. The largest absolute Gasteiger partial charge is 0.354 e. The summed E-state index contributed by atoms with van der Waals surface area (Å²) in [7, 11) is 0. The Kier molecular flexibility index (Phi) is 5.64. The minimum Gasteiger partial charge on any atom is -0.354 e. The van der Waals surface area contributed by atoms with Crippen LogP contribution in [-0.4, -0.2) is 28.0 Å². The normalized spacial score (nSPS) is 18.3. The number of nitrogens with zero attached hydrogens (tertiary/aromatic N) is 2. The molecule has 1 fully saturated rings. The fraction of sp³-hybridized carbons (Fsp3) is 0.450. The van der Waals surface area contributed by atoms with E-state index in [0.29, 0.717) is 18.9 Å². The maximum absolute atomic E-state index is 12.3. The number of nitrogens with one attached hydrogen (secondary N) is 1. The fourth-order valence-corrected chi connectivity index (χ4v) is 3.36. The van der Waals surface area contributed by atoms with Gasteiger partial charge in [0, 0.05) is 31.3 Å². The highest BCUT2D eigenvalue weighted by atomic mass is 16.1. The fourth-order valence-electron chi connectivity index (χ4n) is 3.36. The molecule has 1 aliphatic carbocycles. The van der Waals surface area contributed by atoms with E-state index in [2.05, 4.69) is 22.5 Å². The van der Waals surface area contributed by atoms with E-state index in [0.717, 1.165) is 31.2 Å². The Morgan fingerprint density at radius 3 is 2.80 bits per heavy atom. The van der Waals surface area contributed by atoms with Gasteiger partial charge in [-0.2, -0.15) is 5.10 Å². The van der Waals surface area contributed by atoms with Crippen molar-refractivity contribution in [3.63, 3.8) is 0 Å². The lowest BCUT2D eigenvalue weighted by molar-refractivity contribution is -0.122. The number of carbonyl (C=O) groups excluding carboxylic acids is 2. The molecule has 1 saturated carbocycles. The van der Waals surface area contributed by atoms with Gasteiger partial charge in [-0.3, -0.25) is 14.3 Å². The van der Waals surface area contributed by atoms with E-state index in [4.69, 9.17) is 0 Å². The highest BCUT2D eigenvalue weighted by Gasteiger charge is 2.24. The summed E-state index contributed by atoms with van der Waals surface area (Å²) in [4.78, 5) is 24.1. The van der Waals surface area contributed by atoms with E-state index in [1.54, 1.807) is 10.9 Å². The van der Waals surface area contributed by atoms with Crippen molar-refractivity contribution in [1.29, 1.82) is 0 Å². The van der Waals surface area contributed by atoms with Crippen molar-refractivity contribution >= 4 is 11.7 Å². The Bertz CT molecular complexity index is 707. The van der Waals surface area contributed by atoms with Gasteiger partial charge < -0.3 is 5.32 Å². The molecule has 1 aromatic heterocycles. The topological polar surface area (TPSA) is 64.0 Å². The predicted octanol–water partition coefficient (Wildman–Crippen LogP) is 2.71. The van der Waals surface area contributed by atoms with Crippen LogP contribution in [-0.2, 0) is 22.6 Å². The Hall–Kier alpha value is -2.43. The second kappa shape index (κ2) is 8.10. The molecule has 5 nitrogen and oxygen atoms in total. The zero-order chi connectivity index (χ0) is 17.6. The molecule has 1 aliphatic rings. The molecule has 1 heterocycles. The number of Topliss-reactive ketones (excluding diaryl/α,β-unsaturated/α-hetero) is 1. The standard InChI is InChI=1S/C20H25N3O2/c1-15(20(25)21-11-13-23-12-3-10-22-23)17-8-6-16(7-9-17)14-18-4-2-5-19(18)24/h3,6-10,12,15,18H,2,4-5,11,13-14H2,1H3,(H,21,25). The van der Waals surface area contributed by atoms with Gasteiger partial charge in [0.1, 0.15) is 5.78 Å². The lowest BCUT2D eigenvalue weighted by Gasteiger charge is -2.14. The van der Waals surface area contributed by atoms with Crippen LogP contribution in [0.1, 0.15) is 43.2 Å². The molecule has 2 unspecified atom stereocenters. The van der Waals surface area contributed by atoms with Crippen molar-refractivity contribution in [3.8, 4) is 0 Å². The average molecular weight is 339 g/mol. The van der Waals surface area contributed by atoms with Crippen LogP contribution in [0.25, 0.3) is 0 Å². The van der Waals surface area contributed by atoms with E-state index in [1.807, 2.05) is 31.3 Å². The lowest BCUT2D eigenvalue weighted by atomic mass is 9.94. The highest BCUT2D eigenvalue weighted by molar-refractivity contribution is 5.83. The van der Waals surface area contributed by atoms with Crippen LogP contribution in [0.4, 0.5) is 0 Å². The van der Waals surface area contributed by atoms with Gasteiger partial charge in [0.2, 0.25) is 5.91 Å². The van der Waals surface area contributed by atoms with E-state index < -0.39 is 0 Å². The SMILES string of the molecule is CC(C(=O)NCCn1cccn1)c1ccc(CC2CCCC2=O)cc1. The molecule has 25 heavy (non-hydrogen) atoms. The zero-order valence-corrected chi connectivity index (χ0v) is 14.6. The lowest BCUT2D eigenvalue weighted by Crippen LogP contribution is -2.31. The number of hydrogen-bond acceptors (Lipinski definition) is 3. The third-order valence-electron chi connectivity index (χ3n) is 4.99. The van der Waals surface area contributed by atoms with Crippen LogP contribution in [0.5, 0.6) is 0 Å². The zero-order valence-electron chi connectivity index (χ0n) is 14.6. The van der Waals surface area contributed by atoms with Crippen molar-refractivity contribution in [2.75, 3.05) is 6.54 Å². The molecule has 5 heteroatoms. The Morgan fingerprint density at radius 1 is 1.36 bits per heavy atom. The Balaban J connectivity index is 1.50. The summed E-state index contributed by atoms with van der Waals surface area (Å²) in [6.45, 7) is 3.14. The molecular weight excluding hydrogens is 314 g/mol. The maximum Gasteiger partial charge on any atom is 0.227 e. The third-order valence-corrected chi connectivity index (χ3v) is 4.99. The van der Waals surface area contributed by atoms with Gasteiger partial charge in [-0.1, -0.05) is 24.3 Å². The summed E-state index contributed by atoms with van der Waals surface area (Å²) in [5, 5.41) is 7.07. The van der Waals surface area contributed by atoms with Gasteiger partial charge in [0.25, 0.3) is 0 Å². The number of ketones is 1. The molecule has 3 rings (SSSR count). The minimum absolute atomic E-state index is 0.0193. The summed E-state index contributed by atoms with van der Waals surface area (Å²) in [6.07, 6.45) is 7.20. The minimum atomic E-state index is -0.195. The van der Waals surface area contributed by atoms with Gasteiger partial charge in [0.15, 0.2) is 0 Å². The number of aromatic nitrogens is 2. The first-order valence-electron chi connectivity index (χ1n) is 9.00. The van der Waals surface area contributed by atoms with Crippen LogP contribution < -0.4 is 5.32 Å². The monoisotopic (exact) mass is 339 g/mol. The van der Waals surface area contributed by atoms with Crippen LogP contribution in [0.3, 0.4) is 0 Å². The smallest absolute Gasteiger partial charge is 0.227 e. The summed E-state index contributed by atoms with van der Waals surface area (Å²) in [6, 6.07) is 9.98. The van der Waals surface area contributed by atoms with Crippen LogP contribution >= 0.6 is 0 Å². The molecule has 1 aromatic carbocycles. The van der Waals surface area contributed by atoms with Gasteiger partial charge in [-0.05, 0) is 43.4 Å². The highest BCUT2D eigenvalue weighted by Crippen LogP contribution is 2.25. The quantitative estimate of drug-likeness (QED) is 0.843. The molecule has 0 saturated heterocycles. The Labute approximate surface area is 148 Å².